The minimum atomic E-state index is -1.20. The molecule has 1 amide bonds. The van der Waals surface area contributed by atoms with Gasteiger partial charge in [0.1, 0.15) is 12.4 Å². The van der Waals surface area contributed by atoms with Crippen molar-refractivity contribution in [2.45, 2.75) is 57.2 Å². The van der Waals surface area contributed by atoms with Crippen LogP contribution in [-0.4, -0.2) is 39.5 Å². The highest BCUT2D eigenvalue weighted by Gasteiger charge is 2.11. The molecule has 4 rings (SSSR count). The molecule has 0 fully saturated rings. The van der Waals surface area contributed by atoms with Crippen molar-refractivity contribution in [1.29, 1.82) is 0 Å². The molecule has 8 heteroatoms. The number of hydrogen-bond donors (Lipinski definition) is 1. The number of nitrogens with zero attached hydrogens (tertiary/aromatic N) is 2. The number of unbranched alkanes of at least 4 members (excludes halogenated alkanes) is 1. The van der Waals surface area contributed by atoms with Gasteiger partial charge >= 0.3 is 0 Å². The number of amides is 1. The Bertz CT molecular complexity index is 1510. The van der Waals surface area contributed by atoms with Crippen LogP contribution < -0.4 is 10.1 Å². The normalized spacial score (nSPS) is 12.2. The molecular weight excluding hydrogens is 558 g/mol. The van der Waals surface area contributed by atoms with Crippen LogP contribution in [0, 0.1) is 0 Å². The molecule has 3 aromatic carbocycles. The summed E-state index contributed by atoms with van der Waals surface area (Å²) in [6.07, 6.45) is 8.61. The number of benzene rings is 3. The first kappa shape index (κ1) is 31.9. The molecule has 0 saturated heterocycles. The van der Waals surface area contributed by atoms with Gasteiger partial charge in [-0.15, -0.1) is 0 Å². The Morgan fingerprint density at radius 2 is 1.74 bits per heavy atom. The number of carbonyl (C=O) groups is 1. The van der Waals surface area contributed by atoms with Gasteiger partial charge in [-0.05, 0) is 85.0 Å². The Hall–Kier alpha value is -4.01. The lowest BCUT2D eigenvalue weighted by atomic mass is 10.0. The van der Waals surface area contributed by atoms with Crippen molar-refractivity contribution in [2.75, 3.05) is 25.1 Å². The first-order valence-corrected chi connectivity index (χ1v) is 16.2. The lowest BCUT2D eigenvalue weighted by molar-refractivity contribution is -0.112. The van der Waals surface area contributed by atoms with Crippen LogP contribution in [0.1, 0.15) is 51.3 Å². The molecule has 0 bridgehead atoms. The summed E-state index contributed by atoms with van der Waals surface area (Å²) in [6, 6.07) is 23.2. The fourth-order valence-corrected chi connectivity index (χ4v) is 5.60. The smallest absolute Gasteiger partial charge is 0.251 e. The summed E-state index contributed by atoms with van der Waals surface area (Å²) in [6.45, 7) is 8.78. The lowest BCUT2D eigenvalue weighted by Gasteiger charge is -2.09. The largest absolute Gasteiger partial charge is 0.491 e. The molecule has 0 aliphatic carbocycles. The van der Waals surface area contributed by atoms with Crippen LogP contribution in [0.5, 0.6) is 5.75 Å². The van der Waals surface area contributed by atoms with E-state index in [0.29, 0.717) is 35.1 Å². The van der Waals surface area contributed by atoms with E-state index in [1.165, 1.54) is 0 Å². The Balaban J connectivity index is 1.31. The molecule has 226 valence electrons. The maximum Gasteiger partial charge on any atom is 0.251 e. The predicted octanol–water partition coefficient (Wildman–Crippen LogP) is 7.51. The summed E-state index contributed by atoms with van der Waals surface area (Å²) in [5, 5.41) is 2.94. The first-order chi connectivity index (χ1) is 21.0. The second kappa shape index (κ2) is 16.6. The number of anilines is 1. The molecule has 1 heterocycles. The molecule has 1 atom stereocenters. The number of nitrogens with one attached hydrogen (secondary N) is 1. The Labute approximate surface area is 257 Å². The summed E-state index contributed by atoms with van der Waals surface area (Å²) in [5.41, 5.74) is 5.24. The SMILES string of the molecule is CCCCOCCOc1ccc(-c2cccc(/C=C(\C)C(=O)Nc3ccc([S@@](=O)Cc4cncn4CCC)cc3)c2)cc1. The van der Waals surface area contributed by atoms with E-state index in [-0.39, 0.29) is 5.91 Å². The monoisotopic (exact) mass is 599 g/mol. The van der Waals surface area contributed by atoms with Crippen LogP contribution in [0.3, 0.4) is 0 Å². The quantitative estimate of drug-likeness (QED) is 0.107. The Morgan fingerprint density at radius 3 is 2.49 bits per heavy atom. The average Bonchev–Trinajstić information content (AvgIpc) is 3.46. The van der Waals surface area contributed by atoms with Gasteiger partial charge in [0.05, 0.1) is 35.2 Å². The second-order valence-electron chi connectivity index (χ2n) is 10.3. The lowest BCUT2D eigenvalue weighted by Crippen LogP contribution is -2.12. The van der Waals surface area contributed by atoms with Crippen LogP contribution in [0.4, 0.5) is 5.69 Å². The highest BCUT2D eigenvalue weighted by molar-refractivity contribution is 7.84. The van der Waals surface area contributed by atoms with E-state index >= 15 is 0 Å². The summed E-state index contributed by atoms with van der Waals surface area (Å²) in [4.78, 5) is 17.8. The standard InChI is InChI=1S/C35H41N3O4S/c1-4-6-19-41-20-21-42-33-14-10-29(11-15-33)30-9-7-8-28(23-30)22-27(3)35(39)37-31-12-16-34(17-13-31)43(40)25-32-24-36-26-38(32)18-5-2/h7-17,22-24,26H,4-6,18-21,25H2,1-3H3,(H,37,39)/b27-22+/t43-/m0/s1. The minimum Gasteiger partial charge on any atom is -0.491 e. The van der Waals surface area contributed by atoms with Crippen molar-refractivity contribution >= 4 is 28.5 Å². The number of hydrogen-bond acceptors (Lipinski definition) is 5. The van der Waals surface area contributed by atoms with Crippen LogP contribution in [0.25, 0.3) is 17.2 Å². The summed E-state index contributed by atoms with van der Waals surface area (Å²) in [7, 11) is -1.20. The number of carbonyl (C=O) groups excluding carboxylic acids is 1. The predicted molar refractivity (Wildman–Crippen MR) is 174 cm³/mol. The zero-order valence-corrected chi connectivity index (χ0v) is 26.1. The van der Waals surface area contributed by atoms with Gasteiger partial charge in [0.15, 0.2) is 0 Å². The summed E-state index contributed by atoms with van der Waals surface area (Å²) in [5.74, 6) is 1.02. The molecule has 0 saturated carbocycles. The van der Waals surface area contributed by atoms with E-state index in [0.717, 1.165) is 60.5 Å². The van der Waals surface area contributed by atoms with Gasteiger partial charge in [-0.1, -0.05) is 50.6 Å². The first-order valence-electron chi connectivity index (χ1n) is 14.8. The summed E-state index contributed by atoms with van der Waals surface area (Å²) >= 11 is 0. The number of aromatic nitrogens is 2. The van der Waals surface area contributed by atoms with E-state index < -0.39 is 10.8 Å². The van der Waals surface area contributed by atoms with Gasteiger partial charge in [-0.25, -0.2) is 4.98 Å². The second-order valence-corrected chi connectivity index (χ2v) is 11.8. The van der Waals surface area contributed by atoms with E-state index in [9.17, 15) is 9.00 Å². The number of aryl methyl sites for hydroxylation is 1. The highest BCUT2D eigenvalue weighted by atomic mass is 32.2. The fraction of sp³-hybridized carbons (Fsp3) is 0.314. The highest BCUT2D eigenvalue weighted by Crippen LogP contribution is 2.24. The van der Waals surface area contributed by atoms with Crippen LogP contribution in [-0.2, 0) is 32.6 Å². The van der Waals surface area contributed by atoms with Crippen molar-refractivity contribution in [1.82, 2.24) is 9.55 Å². The third kappa shape index (κ3) is 9.76. The van der Waals surface area contributed by atoms with Gasteiger partial charge in [0.2, 0.25) is 0 Å². The molecule has 0 radical (unpaired) electrons. The topological polar surface area (TPSA) is 82.4 Å². The Kier molecular flexibility index (Phi) is 12.3. The molecule has 0 unspecified atom stereocenters. The van der Waals surface area contributed by atoms with Crippen molar-refractivity contribution in [3.63, 3.8) is 0 Å². The molecule has 4 aromatic rings. The van der Waals surface area contributed by atoms with E-state index in [1.807, 2.05) is 53.1 Å². The van der Waals surface area contributed by atoms with E-state index in [1.54, 1.807) is 43.7 Å². The third-order valence-corrected chi connectivity index (χ3v) is 8.23. The van der Waals surface area contributed by atoms with Crippen LogP contribution in [0.2, 0.25) is 0 Å². The minimum absolute atomic E-state index is 0.192. The van der Waals surface area contributed by atoms with Gasteiger partial charge < -0.3 is 19.4 Å². The number of ether oxygens (including phenoxy) is 2. The van der Waals surface area contributed by atoms with Crippen molar-refractivity contribution in [3.05, 3.63) is 102 Å². The van der Waals surface area contributed by atoms with Crippen molar-refractivity contribution in [2.24, 2.45) is 0 Å². The van der Waals surface area contributed by atoms with Gasteiger partial charge in [0, 0.05) is 35.5 Å². The zero-order chi connectivity index (χ0) is 30.4. The van der Waals surface area contributed by atoms with Crippen LogP contribution >= 0.6 is 0 Å². The molecule has 0 aliphatic heterocycles. The molecule has 0 spiro atoms. The van der Waals surface area contributed by atoms with Crippen molar-refractivity contribution in [3.8, 4) is 16.9 Å². The zero-order valence-electron chi connectivity index (χ0n) is 25.3. The molecular formula is C35H41N3O4S. The molecule has 7 nitrogen and oxygen atoms in total. The van der Waals surface area contributed by atoms with Crippen LogP contribution in [0.15, 0.2) is 95.8 Å². The Morgan fingerprint density at radius 1 is 0.953 bits per heavy atom. The molecule has 43 heavy (non-hydrogen) atoms. The summed E-state index contributed by atoms with van der Waals surface area (Å²) < 4.78 is 26.3. The van der Waals surface area contributed by atoms with Gasteiger partial charge in [-0.3, -0.25) is 9.00 Å². The maximum atomic E-state index is 12.9. The van der Waals surface area contributed by atoms with Crippen molar-refractivity contribution < 1.29 is 18.5 Å². The number of imidazole rings is 1. The fourth-order valence-electron chi connectivity index (χ4n) is 4.48. The third-order valence-electron chi connectivity index (χ3n) is 6.87. The van der Waals surface area contributed by atoms with Gasteiger partial charge in [0.25, 0.3) is 5.91 Å². The molecule has 1 N–H and O–H groups in total. The molecule has 1 aromatic heterocycles. The maximum absolute atomic E-state index is 12.9. The van der Waals surface area contributed by atoms with Gasteiger partial charge in [-0.2, -0.15) is 0 Å². The molecule has 0 aliphatic rings. The number of rotatable bonds is 16. The van der Waals surface area contributed by atoms with E-state index in [4.69, 9.17) is 9.47 Å². The average molecular weight is 600 g/mol. The van der Waals surface area contributed by atoms with E-state index in [2.05, 4.69) is 30.2 Å².